The molecule has 0 spiro atoms. The Hall–Kier alpha value is -1.41. The van der Waals surface area contributed by atoms with E-state index in [9.17, 15) is 13.2 Å². The van der Waals surface area contributed by atoms with E-state index in [1.807, 2.05) is 0 Å². The molecule has 0 aliphatic heterocycles. The van der Waals surface area contributed by atoms with Crippen LogP contribution in [-0.4, -0.2) is 35.8 Å². The lowest BCUT2D eigenvalue weighted by atomic mass is 9.95. The summed E-state index contributed by atoms with van der Waals surface area (Å²) in [6, 6.07) is 1.34. The van der Waals surface area contributed by atoms with E-state index in [1.165, 1.54) is 37.8 Å². The number of carboxylic acids is 1. The van der Waals surface area contributed by atoms with Crippen LogP contribution < -0.4 is 4.72 Å². The molecule has 1 aromatic rings. The molecule has 0 unspecified atom stereocenters. The molecule has 7 nitrogen and oxygen atoms in total. The summed E-state index contributed by atoms with van der Waals surface area (Å²) in [6.45, 7) is 2.71. The summed E-state index contributed by atoms with van der Waals surface area (Å²) in [5.41, 5.74) is -1.16. The number of nitrogens with zero attached hydrogens (tertiary/aromatic N) is 2. The first kappa shape index (κ1) is 13.7. The fourth-order valence-electron chi connectivity index (χ4n) is 1.05. The number of carboxylic acid groups (broad SMARTS) is 1. The number of aryl methyl sites for hydroxylation is 1. The van der Waals surface area contributed by atoms with Gasteiger partial charge in [0.2, 0.25) is 0 Å². The molecule has 17 heavy (non-hydrogen) atoms. The van der Waals surface area contributed by atoms with Crippen LogP contribution in [0.5, 0.6) is 0 Å². The third kappa shape index (κ3) is 3.04. The van der Waals surface area contributed by atoms with Crippen LogP contribution in [0.3, 0.4) is 0 Å². The van der Waals surface area contributed by atoms with Crippen LogP contribution in [0.1, 0.15) is 13.8 Å². The van der Waals surface area contributed by atoms with Crippen LogP contribution in [0.2, 0.25) is 0 Å². The topological polar surface area (TPSA) is 101 Å². The summed E-state index contributed by atoms with van der Waals surface area (Å²) in [7, 11) is -2.23. The van der Waals surface area contributed by atoms with Gasteiger partial charge in [0.1, 0.15) is 0 Å². The zero-order valence-electron chi connectivity index (χ0n) is 9.84. The molecule has 96 valence electrons. The summed E-state index contributed by atoms with van der Waals surface area (Å²) >= 11 is 0. The average Bonchev–Trinajstić information content (AvgIpc) is 2.62. The number of sulfonamides is 1. The number of aromatic nitrogens is 2. The van der Waals surface area contributed by atoms with Crippen molar-refractivity contribution >= 4 is 16.0 Å². The maximum absolute atomic E-state index is 11.8. The van der Waals surface area contributed by atoms with Crippen LogP contribution in [0.4, 0.5) is 0 Å². The number of rotatable bonds is 5. The molecule has 0 fully saturated rings. The van der Waals surface area contributed by atoms with Crippen LogP contribution in [0.15, 0.2) is 17.3 Å². The van der Waals surface area contributed by atoms with E-state index in [1.54, 1.807) is 0 Å². The molecule has 0 aromatic carbocycles. The highest BCUT2D eigenvalue weighted by molar-refractivity contribution is 7.89. The van der Waals surface area contributed by atoms with Gasteiger partial charge in [-0.3, -0.25) is 9.48 Å². The smallest absolute Gasteiger partial charge is 0.310 e. The second kappa shape index (κ2) is 4.46. The number of nitrogens with one attached hydrogen (secondary N) is 1. The minimum Gasteiger partial charge on any atom is -0.481 e. The largest absolute Gasteiger partial charge is 0.481 e. The summed E-state index contributed by atoms with van der Waals surface area (Å²) in [5, 5.41) is 12.6. The average molecular weight is 261 g/mol. The Bertz CT molecular complexity index is 518. The van der Waals surface area contributed by atoms with Crippen molar-refractivity contribution < 1.29 is 18.3 Å². The number of aliphatic carboxylic acids is 1. The van der Waals surface area contributed by atoms with E-state index in [4.69, 9.17) is 5.11 Å². The van der Waals surface area contributed by atoms with Gasteiger partial charge < -0.3 is 5.11 Å². The molecule has 0 saturated heterocycles. The molecule has 2 N–H and O–H groups in total. The van der Waals surface area contributed by atoms with Gasteiger partial charge in [-0.05, 0) is 19.9 Å². The maximum atomic E-state index is 11.8. The molecule has 0 bridgehead atoms. The van der Waals surface area contributed by atoms with Gasteiger partial charge in [0.15, 0.2) is 5.03 Å². The maximum Gasteiger partial charge on any atom is 0.310 e. The molecular formula is C9H15N3O4S. The molecule has 1 aromatic heterocycles. The molecule has 0 saturated carbocycles. The van der Waals surface area contributed by atoms with Gasteiger partial charge in [-0.1, -0.05) is 0 Å². The fraction of sp³-hybridized carbons (Fsp3) is 0.556. The first-order chi connectivity index (χ1) is 7.67. The first-order valence-corrected chi connectivity index (χ1v) is 6.36. The monoisotopic (exact) mass is 261 g/mol. The third-order valence-corrected chi connectivity index (χ3v) is 3.81. The molecule has 0 atom stereocenters. The van der Waals surface area contributed by atoms with Crippen molar-refractivity contribution in [2.24, 2.45) is 12.5 Å². The van der Waals surface area contributed by atoms with Crippen LogP contribution in [0, 0.1) is 5.41 Å². The molecule has 8 heteroatoms. The summed E-state index contributed by atoms with van der Waals surface area (Å²) < 4.78 is 27.1. The van der Waals surface area contributed by atoms with E-state index in [2.05, 4.69) is 9.82 Å². The Labute approximate surface area is 99.5 Å². The third-order valence-electron chi connectivity index (χ3n) is 2.33. The van der Waals surface area contributed by atoms with Crippen molar-refractivity contribution in [3.05, 3.63) is 12.3 Å². The van der Waals surface area contributed by atoms with E-state index in [-0.39, 0.29) is 11.6 Å². The second-order valence-corrected chi connectivity index (χ2v) is 6.02. The van der Waals surface area contributed by atoms with Crippen molar-refractivity contribution in [2.45, 2.75) is 18.9 Å². The summed E-state index contributed by atoms with van der Waals surface area (Å²) in [4.78, 5) is 10.8. The molecular weight excluding hydrogens is 246 g/mol. The van der Waals surface area contributed by atoms with Gasteiger partial charge in [-0.25, -0.2) is 13.1 Å². The van der Waals surface area contributed by atoms with E-state index in [0.717, 1.165) is 0 Å². The fourth-order valence-corrected chi connectivity index (χ4v) is 2.38. The van der Waals surface area contributed by atoms with Crippen molar-refractivity contribution in [1.82, 2.24) is 14.5 Å². The first-order valence-electron chi connectivity index (χ1n) is 4.88. The lowest BCUT2D eigenvalue weighted by Gasteiger charge is -2.19. The standard InChI is InChI=1S/C9H15N3O4S/c1-9(2,8(13)14)6-11-17(15,16)7-4-5-10-12(7)3/h4-5,11H,6H2,1-3H3,(H,13,14). The molecule has 1 rings (SSSR count). The van der Waals surface area contributed by atoms with Crippen molar-refractivity contribution in [1.29, 1.82) is 0 Å². The van der Waals surface area contributed by atoms with Crippen LogP contribution in [0.25, 0.3) is 0 Å². The predicted molar refractivity (Wildman–Crippen MR) is 59.8 cm³/mol. The summed E-state index contributed by atoms with van der Waals surface area (Å²) in [6.07, 6.45) is 1.36. The van der Waals surface area contributed by atoms with Crippen molar-refractivity contribution in [3.8, 4) is 0 Å². The Morgan fingerprint density at radius 2 is 2.18 bits per heavy atom. The Morgan fingerprint density at radius 3 is 2.59 bits per heavy atom. The minimum atomic E-state index is -3.73. The highest BCUT2D eigenvalue weighted by Gasteiger charge is 2.30. The van der Waals surface area contributed by atoms with Gasteiger partial charge >= 0.3 is 5.97 Å². The zero-order valence-corrected chi connectivity index (χ0v) is 10.7. The van der Waals surface area contributed by atoms with Crippen LogP contribution in [-0.2, 0) is 21.9 Å². The molecule has 0 amide bonds. The summed E-state index contributed by atoms with van der Waals surface area (Å²) in [5.74, 6) is -1.06. The van der Waals surface area contributed by atoms with Gasteiger partial charge in [0.25, 0.3) is 10.0 Å². The van der Waals surface area contributed by atoms with Crippen LogP contribution >= 0.6 is 0 Å². The highest BCUT2D eigenvalue weighted by Crippen LogP contribution is 2.15. The second-order valence-electron chi connectivity index (χ2n) is 4.31. The Kier molecular flexibility index (Phi) is 3.58. The highest BCUT2D eigenvalue weighted by atomic mass is 32.2. The SMILES string of the molecule is Cn1nccc1S(=O)(=O)NCC(C)(C)C(=O)O. The zero-order chi connectivity index (χ0) is 13.3. The van der Waals surface area contributed by atoms with Gasteiger partial charge in [0, 0.05) is 13.6 Å². The lowest BCUT2D eigenvalue weighted by Crippen LogP contribution is -2.39. The van der Waals surface area contributed by atoms with Crippen molar-refractivity contribution in [2.75, 3.05) is 6.54 Å². The van der Waals surface area contributed by atoms with Gasteiger partial charge in [0.05, 0.1) is 11.6 Å². The van der Waals surface area contributed by atoms with E-state index >= 15 is 0 Å². The normalized spacial score (nSPS) is 12.6. The number of carbonyl (C=O) groups is 1. The number of hydrogen-bond donors (Lipinski definition) is 2. The van der Waals surface area contributed by atoms with E-state index in [0.29, 0.717) is 0 Å². The Morgan fingerprint density at radius 1 is 1.59 bits per heavy atom. The number of hydrogen-bond acceptors (Lipinski definition) is 4. The van der Waals surface area contributed by atoms with E-state index < -0.39 is 21.4 Å². The molecule has 0 aliphatic carbocycles. The molecule has 0 aliphatic rings. The molecule has 1 heterocycles. The Balaban J connectivity index is 2.83. The van der Waals surface area contributed by atoms with Gasteiger partial charge in [-0.2, -0.15) is 5.10 Å². The minimum absolute atomic E-state index is 0.00121. The van der Waals surface area contributed by atoms with Gasteiger partial charge in [-0.15, -0.1) is 0 Å². The quantitative estimate of drug-likeness (QED) is 0.765. The predicted octanol–water partition coefficient (Wildman–Crippen LogP) is -0.191. The lowest BCUT2D eigenvalue weighted by molar-refractivity contribution is -0.146. The van der Waals surface area contributed by atoms with Crippen molar-refractivity contribution in [3.63, 3.8) is 0 Å². The molecule has 0 radical (unpaired) electrons.